The van der Waals surface area contributed by atoms with Gasteiger partial charge in [-0.15, -0.1) is 4.99 Å². The fraction of sp³-hybridized carbons (Fsp3) is 0.800. The number of nitrogens with one attached hydrogen (secondary N) is 1. The van der Waals surface area contributed by atoms with Crippen LogP contribution in [-0.4, -0.2) is 60.6 Å². The van der Waals surface area contributed by atoms with Gasteiger partial charge in [-0.25, -0.2) is 9.59 Å². The van der Waals surface area contributed by atoms with E-state index in [-0.39, 0.29) is 5.96 Å². The minimum absolute atomic E-state index is 0.108. The van der Waals surface area contributed by atoms with E-state index in [0.29, 0.717) is 26.3 Å². The van der Waals surface area contributed by atoms with Crippen LogP contribution in [0, 0.1) is 0 Å². The van der Waals surface area contributed by atoms with Crippen molar-refractivity contribution < 1.29 is 23.8 Å². The standard InChI is InChI=1S/C15H27N3O5/c1-14(2,3)22-12(19)16-11(18-7-9-21-10-8-18)17-13(20)23-15(4,5)6/h7-10H2,1-6H3,(H,16,17,19,20). The summed E-state index contributed by atoms with van der Waals surface area (Å²) in [6.07, 6.45) is -1.44. The molecular formula is C15H27N3O5. The van der Waals surface area contributed by atoms with Crippen molar-refractivity contribution in [2.24, 2.45) is 4.99 Å². The summed E-state index contributed by atoms with van der Waals surface area (Å²) >= 11 is 0. The lowest BCUT2D eigenvalue weighted by atomic mass is 10.2. The Labute approximate surface area is 137 Å². The van der Waals surface area contributed by atoms with Gasteiger partial charge in [0.05, 0.1) is 13.2 Å². The number of rotatable bonds is 0. The molecule has 0 aromatic rings. The van der Waals surface area contributed by atoms with Crippen LogP contribution in [0.4, 0.5) is 9.59 Å². The van der Waals surface area contributed by atoms with Gasteiger partial charge in [-0.3, -0.25) is 5.32 Å². The molecule has 8 nitrogen and oxygen atoms in total. The molecule has 1 rings (SSSR count). The van der Waals surface area contributed by atoms with E-state index in [1.54, 1.807) is 46.4 Å². The summed E-state index contributed by atoms with van der Waals surface area (Å²) in [5.74, 6) is 0.108. The highest BCUT2D eigenvalue weighted by Gasteiger charge is 2.24. The van der Waals surface area contributed by atoms with Gasteiger partial charge >= 0.3 is 12.2 Å². The van der Waals surface area contributed by atoms with Gasteiger partial charge in [-0.05, 0) is 41.5 Å². The van der Waals surface area contributed by atoms with Crippen LogP contribution in [0.5, 0.6) is 0 Å². The average molecular weight is 329 g/mol. The first-order valence-electron chi connectivity index (χ1n) is 7.61. The average Bonchev–Trinajstić information content (AvgIpc) is 2.34. The molecule has 0 aromatic heterocycles. The zero-order chi connectivity index (χ0) is 17.7. The number of alkyl carbamates (subject to hydrolysis) is 1. The number of amides is 2. The lowest BCUT2D eigenvalue weighted by Crippen LogP contribution is -2.50. The molecule has 1 aliphatic rings. The van der Waals surface area contributed by atoms with Crippen LogP contribution in [0.15, 0.2) is 4.99 Å². The van der Waals surface area contributed by atoms with E-state index in [1.807, 2.05) is 0 Å². The monoisotopic (exact) mass is 329 g/mol. The minimum Gasteiger partial charge on any atom is -0.444 e. The maximum atomic E-state index is 12.0. The molecule has 2 amide bonds. The summed E-state index contributed by atoms with van der Waals surface area (Å²) in [5.41, 5.74) is -1.31. The lowest BCUT2D eigenvalue weighted by molar-refractivity contribution is 0.0504. The number of hydrogen-bond acceptors (Lipinski definition) is 5. The molecular weight excluding hydrogens is 302 g/mol. The summed E-state index contributed by atoms with van der Waals surface area (Å²) in [6.45, 7) is 12.5. The van der Waals surface area contributed by atoms with Crippen LogP contribution >= 0.6 is 0 Å². The zero-order valence-corrected chi connectivity index (χ0v) is 14.8. The molecule has 1 saturated heterocycles. The maximum Gasteiger partial charge on any atom is 0.437 e. The fourth-order valence-corrected chi connectivity index (χ4v) is 1.72. The van der Waals surface area contributed by atoms with Gasteiger partial charge in [0.1, 0.15) is 11.2 Å². The highest BCUT2D eigenvalue weighted by Crippen LogP contribution is 2.10. The Bertz CT molecular complexity index is 457. The lowest BCUT2D eigenvalue weighted by Gasteiger charge is -2.30. The number of carbonyl (C=O) groups is 2. The van der Waals surface area contributed by atoms with Crippen molar-refractivity contribution >= 4 is 18.1 Å². The number of hydrogen-bond donors (Lipinski definition) is 1. The van der Waals surface area contributed by atoms with Crippen LogP contribution in [-0.2, 0) is 14.2 Å². The van der Waals surface area contributed by atoms with Crippen molar-refractivity contribution in [3.8, 4) is 0 Å². The predicted molar refractivity (Wildman–Crippen MR) is 85.4 cm³/mol. The molecule has 1 heterocycles. The second-order valence-electron chi connectivity index (χ2n) is 7.14. The van der Waals surface area contributed by atoms with Crippen LogP contribution < -0.4 is 5.32 Å². The van der Waals surface area contributed by atoms with E-state index in [1.165, 1.54) is 0 Å². The first-order valence-corrected chi connectivity index (χ1v) is 7.61. The number of morpholine rings is 1. The molecule has 0 saturated carbocycles. The first kappa shape index (κ1) is 19.2. The van der Waals surface area contributed by atoms with E-state index >= 15 is 0 Å². The largest absolute Gasteiger partial charge is 0.444 e. The summed E-state index contributed by atoms with van der Waals surface area (Å²) in [5, 5.41) is 2.52. The Morgan fingerprint density at radius 1 is 1.00 bits per heavy atom. The van der Waals surface area contributed by atoms with Crippen LogP contribution in [0.2, 0.25) is 0 Å². The van der Waals surface area contributed by atoms with E-state index in [9.17, 15) is 9.59 Å². The van der Waals surface area contributed by atoms with Gasteiger partial charge in [0.15, 0.2) is 0 Å². The van der Waals surface area contributed by atoms with Crippen molar-refractivity contribution in [2.45, 2.75) is 52.7 Å². The molecule has 0 unspecified atom stereocenters. The molecule has 1 N–H and O–H groups in total. The van der Waals surface area contributed by atoms with Crippen molar-refractivity contribution in [3.05, 3.63) is 0 Å². The molecule has 0 aromatic carbocycles. The molecule has 8 heteroatoms. The first-order chi connectivity index (χ1) is 10.5. The molecule has 132 valence electrons. The highest BCUT2D eigenvalue weighted by molar-refractivity contribution is 5.98. The van der Waals surface area contributed by atoms with Gasteiger partial charge in [0.25, 0.3) is 0 Å². The van der Waals surface area contributed by atoms with Crippen LogP contribution in [0.1, 0.15) is 41.5 Å². The number of ether oxygens (including phenoxy) is 3. The summed E-state index contributed by atoms with van der Waals surface area (Å²) < 4.78 is 15.6. The smallest absolute Gasteiger partial charge is 0.437 e. The number of nitrogens with zero attached hydrogens (tertiary/aromatic N) is 2. The number of aliphatic imine (C=N–C) groups is 1. The SMILES string of the molecule is CC(C)(C)OC(=O)/N=C(\NC(=O)OC(C)(C)C)N1CCOCC1. The molecule has 1 fully saturated rings. The second-order valence-corrected chi connectivity index (χ2v) is 7.14. The van der Waals surface area contributed by atoms with E-state index in [4.69, 9.17) is 14.2 Å². The fourth-order valence-electron chi connectivity index (χ4n) is 1.72. The third kappa shape index (κ3) is 8.39. The maximum absolute atomic E-state index is 12.0. The Morgan fingerprint density at radius 2 is 1.52 bits per heavy atom. The molecule has 0 atom stereocenters. The van der Waals surface area contributed by atoms with Crippen molar-refractivity contribution in [1.82, 2.24) is 10.2 Å². The quantitative estimate of drug-likeness (QED) is 0.541. The van der Waals surface area contributed by atoms with E-state index in [2.05, 4.69) is 10.3 Å². The molecule has 23 heavy (non-hydrogen) atoms. The Hall–Kier alpha value is -1.83. The molecule has 0 spiro atoms. The molecule has 0 radical (unpaired) electrons. The third-order valence-corrected chi connectivity index (χ3v) is 2.51. The molecule has 1 aliphatic heterocycles. The van der Waals surface area contributed by atoms with Crippen molar-refractivity contribution in [2.75, 3.05) is 26.3 Å². The summed E-state index contributed by atoms with van der Waals surface area (Å²) in [7, 11) is 0. The normalized spacial score (nSPS) is 16.8. The van der Waals surface area contributed by atoms with E-state index < -0.39 is 23.4 Å². The van der Waals surface area contributed by atoms with Gasteiger partial charge < -0.3 is 19.1 Å². The molecule has 0 aliphatic carbocycles. The summed E-state index contributed by atoms with van der Waals surface area (Å²) in [6, 6.07) is 0. The molecule has 0 bridgehead atoms. The Balaban J connectivity index is 2.84. The van der Waals surface area contributed by atoms with E-state index in [0.717, 1.165) is 0 Å². The van der Waals surface area contributed by atoms with Crippen LogP contribution in [0.25, 0.3) is 0 Å². The van der Waals surface area contributed by atoms with Crippen molar-refractivity contribution in [3.63, 3.8) is 0 Å². The minimum atomic E-state index is -0.768. The highest BCUT2D eigenvalue weighted by atomic mass is 16.6. The number of carbonyl (C=O) groups excluding carboxylic acids is 2. The Morgan fingerprint density at radius 3 is 2.00 bits per heavy atom. The van der Waals surface area contributed by atoms with Gasteiger partial charge in [0.2, 0.25) is 5.96 Å². The topological polar surface area (TPSA) is 89.5 Å². The third-order valence-electron chi connectivity index (χ3n) is 2.51. The second kappa shape index (κ2) is 7.63. The Kier molecular flexibility index (Phi) is 6.37. The predicted octanol–water partition coefficient (Wildman–Crippen LogP) is 2.13. The van der Waals surface area contributed by atoms with Gasteiger partial charge in [-0.2, -0.15) is 0 Å². The zero-order valence-electron chi connectivity index (χ0n) is 14.8. The van der Waals surface area contributed by atoms with Gasteiger partial charge in [-0.1, -0.05) is 0 Å². The number of guanidine groups is 1. The van der Waals surface area contributed by atoms with Crippen LogP contribution in [0.3, 0.4) is 0 Å². The van der Waals surface area contributed by atoms with Crippen molar-refractivity contribution in [1.29, 1.82) is 0 Å². The summed E-state index contributed by atoms with van der Waals surface area (Å²) in [4.78, 5) is 29.5. The van der Waals surface area contributed by atoms with Gasteiger partial charge in [0, 0.05) is 13.1 Å².